The van der Waals surface area contributed by atoms with Gasteiger partial charge in [-0.15, -0.1) is 11.3 Å². The number of hydrogen-bond acceptors (Lipinski definition) is 4. The van der Waals surface area contributed by atoms with Crippen LogP contribution in [0.2, 0.25) is 0 Å². The van der Waals surface area contributed by atoms with Crippen LogP contribution in [0.5, 0.6) is 0 Å². The molecule has 1 aromatic heterocycles. The topological polar surface area (TPSA) is 42.4 Å². The molecule has 2 heterocycles. The Bertz CT molecular complexity index is 619. The summed E-state index contributed by atoms with van der Waals surface area (Å²) in [4.78, 5) is 18.8. The second-order valence-electron chi connectivity index (χ2n) is 5.54. The number of ether oxygens (including phenoxy) is 1. The van der Waals surface area contributed by atoms with E-state index in [1.165, 1.54) is 16.9 Å². The molecule has 0 bridgehead atoms. The number of amides is 1. The van der Waals surface area contributed by atoms with Crippen molar-refractivity contribution in [3.63, 3.8) is 0 Å². The van der Waals surface area contributed by atoms with Gasteiger partial charge in [0, 0.05) is 25.6 Å². The molecule has 1 aromatic carbocycles. The standard InChI is InChI=1S/C17H20N2O2S/c1-21-11-16-18-15(12-22-16)17(20)19-9-7-14(8-10-19)13-5-3-2-4-6-13/h2-6,12,14H,7-11H2,1H3. The van der Waals surface area contributed by atoms with Crippen molar-refractivity contribution in [1.29, 1.82) is 0 Å². The predicted octanol–water partition coefficient (Wildman–Crippen LogP) is 3.31. The quantitative estimate of drug-likeness (QED) is 0.869. The number of piperidine rings is 1. The van der Waals surface area contributed by atoms with Crippen LogP contribution in [-0.4, -0.2) is 36.0 Å². The van der Waals surface area contributed by atoms with Crippen molar-refractivity contribution in [2.45, 2.75) is 25.4 Å². The van der Waals surface area contributed by atoms with Crippen LogP contribution in [0.15, 0.2) is 35.7 Å². The largest absolute Gasteiger partial charge is 0.378 e. The Morgan fingerprint density at radius 1 is 1.32 bits per heavy atom. The summed E-state index contributed by atoms with van der Waals surface area (Å²) in [7, 11) is 1.64. The zero-order valence-electron chi connectivity index (χ0n) is 12.7. The third-order valence-electron chi connectivity index (χ3n) is 4.09. The molecular weight excluding hydrogens is 296 g/mol. The lowest BCUT2D eigenvalue weighted by Crippen LogP contribution is -2.38. The Hall–Kier alpha value is -1.72. The smallest absolute Gasteiger partial charge is 0.273 e. The SMILES string of the molecule is COCc1nc(C(=O)N2CCC(c3ccccc3)CC2)cs1. The van der Waals surface area contributed by atoms with E-state index in [1.807, 2.05) is 16.3 Å². The van der Waals surface area contributed by atoms with Gasteiger partial charge in [-0.05, 0) is 24.3 Å². The number of carbonyl (C=O) groups excluding carboxylic acids is 1. The summed E-state index contributed by atoms with van der Waals surface area (Å²) in [6, 6.07) is 10.6. The molecule has 3 rings (SSSR count). The van der Waals surface area contributed by atoms with E-state index in [0.29, 0.717) is 18.2 Å². The van der Waals surface area contributed by atoms with E-state index < -0.39 is 0 Å². The summed E-state index contributed by atoms with van der Waals surface area (Å²) in [5, 5.41) is 2.69. The molecule has 0 N–H and O–H groups in total. The van der Waals surface area contributed by atoms with Gasteiger partial charge in [-0.3, -0.25) is 4.79 Å². The van der Waals surface area contributed by atoms with Crippen molar-refractivity contribution in [3.8, 4) is 0 Å². The highest BCUT2D eigenvalue weighted by molar-refractivity contribution is 7.09. The summed E-state index contributed by atoms with van der Waals surface area (Å²) < 4.78 is 5.05. The lowest BCUT2D eigenvalue weighted by atomic mass is 9.89. The maximum absolute atomic E-state index is 12.5. The summed E-state index contributed by atoms with van der Waals surface area (Å²) in [5.74, 6) is 0.606. The average Bonchev–Trinajstić information content (AvgIpc) is 3.04. The highest BCUT2D eigenvalue weighted by atomic mass is 32.1. The number of carbonyl (C=O) groups is 1. The van der Waals surface area contributed by atoms with Crippen LogP contribution in [0.25, 0.3) is 0 Å². The van der Waals surface area contributed by atoms with E-state index in [1.54, 1.807) is 7.11 Å². The molecule has 0 aliphatic carbocycles. The molecule has 5 heteroatoms. The fraction of sp³-hybridized carbons (Fsp3) is 0.412. The summed E-state index contributed by atoms with van der Waals surface area (Å²) in [6.45, 7) is 2.07. The Balaban J connectivity index is 1.59. The molecule has 1 aliphatic heterocycles. The van der Waals surface area contributed by atoms with Gasteiger partial charge in [0.2, 0.25) is 0 Å². The maximum Gasteiger partial charge on any atom is 0.273 e. The van der Waals surface area contributed by atoms with Crippen LogP contribution in [0.1, 0.15) is 39.8 Å². The van der Waals surface area contributed by atoms with Crippen LogP contribution >= 0.6 is 11.3 Å². The Kier molecular flexibility index (Phi) is 4.85. The molecule has 1 fully saturated rings. The van der Waals surface area contributed by atoms with Gasteiger partial charge in [-0.25, -0.2) is 4.98 Å². The minimum Gasteiger partial charge on any atom is -0.378 e. The van der Waals surface area contributed by atoms with Crippen molar-refractivity contribution in [2.24, 2.45) is 0 Å². The number of benzene rings is 1. The minimum absolute atomic E-state index is 0.0464. The first kappa shape index (κ1) is 15.2. The third kappa shape index (κ3) is 3.36. The molecule has 0 unspecified atom stereocenters. The second kappa shape index (κ2) is 7.03. The first-order valence-corrected chi connectivity index (χ1v) is 8.43. The minimum atomic E-state index is 0.0464. The Morgan fingerprint density at radius 3 is 2.73 bits per heavy atom. The van der Waals surface area contributed by atoms with Crippen molar-refractivity contribution >= 4 is 17.2 Å². The number of thiazole rings is 1. The molecule has 116 valence electrons. The summed E-state index contributed by atoms with van der Waals surface area (Å²) in [6.07, 6.45) is 2.04. The number of nitrogens with zero attached hydrogens (tertiary/aromatic N) is 2. The molecule has 0 saturated carbocycles. The summed E-state index contributed by atoms with van der Waals surface area (Å²) in [5.41, 5.74) is 1.93. The highest BCUT2D eigenvalue weighted by Crippen LogP contribution is 2.28. The van der Waals surface area contributed by atoms with Crippen LogP contribution < -0.4 is 0 Å². The van der Waals surface area contributed by atoms with Crippen molar-refractivity contribution in [3.05, 3.63) is 52.0 Å². The van der Waals surface area contributed by atoms with Crippen molar-refractivity contribution < 1.29 is 9.53 Å². The molecule has 1 amide bonds. The lowest BCUT2D eigenvalue weighted by molar-refractivity contribution is 0.0707. The van der Waals surface area contributed by atoms with E-state index in [-0.39, 0.29) is 5.91 Å². The van der Waals surface area contributed by atoms with Gasteiger partial charge in [0.25, 0.3) is 5.91 Å². The molecule has 22 heavy (non-hydrogen) atoms. The summed E-state index contributed by atoms with van der Waals surface area (Å²) >= 11 is 1.48. The fourth-order valence-corrected chi connectivity index (χ4v) is 3.64. The van der Waals surface area contributed by atoms with E-state index in [2.05, 4.69) is 29.2 Å². The third-order valence-corrected chi connectivity index (χ3v) is 4.91. The van der Waals surface area contributed by atoms with Crippen LogP contribution in [0, 0.1) is 0 Å². The number of methoxy groups -OCH3 is 1. The van der Waals surface area contributed by atoms with Gasteiger partial charge in [-0.2, -0.15) is 0 Å². The molecular formula is C17H20N2O2S. The Morgan fingerprint density at radius 2 is 2.05 bits per heavy atom. The van der Waals surface area contributed by atoms with Crippen LogP contribution in [0.3, 0.4) is 0 Å². The maximum atomic E-state index is 12.5. The Labute approximate surface area is 134 Å². The lowest BCUT2D eigenvalue weighted by Gasteiger charge is -2.31. The first-order chi connectivity index (χ1) is 10.8. The van der Waals surface area contributed by atoms with Gasteiger partial charge < -0.3 is 9.64 Å². The van der Waals surface area contributed by atoms with Crippen LogP contribution in [0.4, 0.5) is 0 Å². The number of likely N-dealkylation sites (tertiary alicyclic amines) is 1. The van der Waals surface area contributed by atoms with Gasteiger partial charge in [-0.1, -0.05) is 30.3 Å². The number of rotatable bonds is 4. The molecule has 0 radical (unpaired) electrons. The fourth-order valence-electron chi connectivity index (χ4n) is 2.90. The van der Waals surface area contributed by atoms with Gasteiger partial charge >= 0.3 is 0 Å². The zero-order chi connectivity index (χ0) is 15.4. The monoisotopic (exact) mass is 316 g/mol. The van der Waals surface area contributed by atoms with Crippen LogP contribution in [-0.2, 0) is 11.3 Å². The molecule has 2 aromatic rings. The normalized spacial score (nSPS) is 16.0. The molecule has 1 saturated heterocycles. The van der Waals surface area contributed by atoms with Crippen molar-refractivity contribution in [1.82, 2.24) is 9.88 Å². The average molecular weight is 316 g/mol. The van der Waals surface area contributed by atoms with E-state index >= 15 is 0 Å². The van der Waals surface area contributed by atoms with Gasteiger partial charge in [0.1, 0.15) is 10.7 Å². The highest BCUT2D eigenvalue weighted by Gasteiger charge is 2.25. The van der Waals surface area contributed by atoms with Gasteiger partial charge in [0.05, 0.1) is 6.61 Å². The second-order valence-corrected chi connectivity index (χ2v) is 6.48. The zero-order valence-corrected chi connectivity index (χ0v) is 13.5. The van der Waals surface area contributed by atoms with E-state index in [0.717, 1.165) is 30.9 Å². The molecule has 1 aliphatic rings. The van der Waals surface area contributed by atoms with Gasteiger partial charge in [0.15, 0.2) is 0 Å². The number of hydrogen-bond donors (Lipinski definition) is 0. The number of aromatic nitrogens is 1. The molecule has 0 atom stereocenters. The first-order valence-electron chi connectivity index (χ1n) is 7.55. The predicted molar refractivity (Wildman–Crippen MR) is 87.1 cm³/mol. The molecule has 0 spiro atoms. The van der Waals surface area contributed by atoms with E-state index in [4.69, 9.17) is 4.74 Å². The molecule has 4 nitrogen and oxygen atoms in total. The van der Waals surface area contributed by atoms with Crippen molar-refractivity contribution in [2.75, 3.05) is 20.2 Å². The van der Waals surface area contributed by atoms with E-state index in [9.17, 15) is 4.79 Å².